The van der Waals surface area contributed by atoms with E-state index in [0.29, 0.717) is 26.0 Å². The molecule has 0 aliphatic carbocycles. The van der Waals surface area contributed by atoms with Crippen molar-refractivity contribution >= 4 is 16.6 Å². The Morgan fingerprint density at radius 1 is 0.929 bits per heavy atom. The van der Waals surface area contributed by atoms with Crippen LogP contribution in [0.3, 0.4) is 0 Å². The summed E-state index contributed by atoms with van der Waals surface area (Å²) >= 11 is 0. The number of ether oxygens (including phenoxy) is 1. The van der Waals surface area contributed by atoms with Gasteiger partial charge in [-0.15, -0.1) is 0 Å². The molecule has 0 fully saturated rings. The molecule has 1 atom stereocenters. The molecule has 28 heavy (non-hydrogen) atoms. The van der Waals surface area contributed by atoms with Crippen molar-refractivity contribution in [1.29, 1.82) is 0 Å². The highest BCUT2D eigenvalue weighted by Gasteiger charge is 2.20. The highest BCUT2D eigenvalue weighted by molar-refractivity contribution is 5.89. The van der Waals surface area contributed by atoms with Gasteiger partial charge in [0, 0.05) is 12.3 Å². The fraction of sp³-hybridized carbons (Fsp3) is 0.320. The first-order valence-corrected chi connectivity index (χ1v) is 9.97. The number of ketones is 1. The van der Waals surface area contributed by atoms with Crippen LogP contribution in [-0.2, 0) is 22.6 Å². The number of hydrogen-bond acceptors (Lipinski definition) is 3. The van der Waals surface area contributed by atoms with Crippen molar-refractivity contribution in [2.75, 3.05) is 6.54 Å². The number of nitrogens with two attached hydrogens (primary N) is 1. The highest BCUT2D eigenvalue weighted by atomic mass is 16.5. The van der Waals surface area contributed by atoms with E-state index in [1.54, 1.807) is 0 Å². The summed E-state index contributed by atoms with van der Waals surface area (Å²) in [5, 5.41) is 2.36. The van der Waals surface area contributed by atoms with Gasteiger partial charge in [0.15, 0.2) is 0 Å². The number of hydrogen-bond donors (Lipinski definition) is 1. The lowest BCUT2D eigenvalue weighted by Gasteiger charge is -2.17. The molecule has 3 aromatic carbocycles. The predicted octanol–water partition coefficient (Wildman–Crippen LogP) is 5.01. The Hall–Kier alpha value is -2.49. The Labute approximate surface area is 167 Å². The summed E-state index contributed by atoms with van der Waals surface area (Å²) in [7, 11) is 0. The minimum atomic E-state index is -0.170. The van der Waals surface area contributed by atoms with Crippen LogP contribution in [0.15, 0.2) is 66.7 Å². The molecule has 0 radical (unpaired) electrons. The molecule has 0 amide bonds. The van der Waals surface area contributed by atoms with E-state index in [9.17, 15) is 4.79 Å². The van der Waals surface area contributed by atoms with Gasteiger partial charge in [-0.05, 0) is 54.3 Å². The van der Waals surface area contributed by atoms with Crippen molar-refractivity contribution in [2.45, 2.75) is 45.3 Å². The second-order valence-electron chi connectivity index (χ2n) is 7.56. The van der Waals surface area contributed by atoms with Gasteiger partial charge in [-0.3, -0.25) is 4.79 Å². The van der Waals surface area contributed by atoms with Crippen LogP contribution in [0.4, 0.5) is 0 Å². The summed E-state index contributed by atoms with van der Waals surface area (Å²) in [4.78, 5) is 13.1. The molecule has 0 heterocycles. The van der Waals surface area contributed by atoms with E-state index in [1.807, 2.05) is 56.3 Å². The van der Waals surface area contributed by atoms with Crippen LogP contribution < -0.4 is 5.73 Å². The standard InChI is InChI=1S/C25H29NO2/c1-18(2)28-17-19-7-11-22(12-8-19)24(13-14-26)25(27)16-20-9-10-21-5-3-4-6-23(21)15-20/h3-12,15,18,24H,13-14,16-17,26H2,1-2H3/t24-/m1/s1. The van der Waals surface area contributed by atoms with E-state index in [1.165, 1.54) is 5.39 Å². The van der Waals surface area contributed by atoms with E-state index in [-0.39, 0.29) is 17.8 Å². The molecule has 0 aliphatic rings. The molecule has 2 N–H and O–H groups in total. The van der Waals surface area contributed by atoms with Gasteiger partial charge in [-0.25, -0.2) is 0 Å². The molecule has 0 spiro atoms. The maximum atomic E-state index is 13.1. The van der Waals surface area contributed by atoms with Gasteiger partial charge in [-0.2, -0.15) is 0 Å². The average molecular weight is 376 g/mol. The fourth-order valence-corrected chi connectivity index (χ4v) is 3.46. The summed E-state index contributed by atoms with van der Waals surface area (Å²) in [6, 6.07) is 22.6. The van der Waals surface area contributed by atoms with Gasteiger partial charge in [0.05, 0.1) is 12.7 Å². The fourth-order valence-electron chi connectivity index (χ4n) is 3.46. The lowest BCUT2D eigenvalue weighted by molar-refractivity contribution is -0.120. The normalized spacial score (nSPS) is 12.4. The van der Waals surface area contributed by atoms with Crippen molar-refractivity contribution in [3.8, 4) is 0 Å². The maximum absolute atomic E-state index is 13.1. The van der Waals surface area contributed by atoms with Crippen molar-refractivity contribution < 1.29 is 9.53 Å². The molecule has 3 aromatic rings. The maximum Gasteiger partial charge on any atom is 0.144 e. The Balaban J connectivity index is 1.73. The molecule has 0 aromatic heterocycles. The van der Waals surface area contributed by atoms with Crippen LogP contribution in [-0.4, -0.2) is 18.4 Å². The van der Waals surface area contributed by atoms with E-state index in [0.717, 1.165) is 22.1 Å². The molecule has 3 nitrogen and oxygen atoms in total. The third-order valence-electron chi connectivity index (χ3n) is 5.00. The molecule has 0 saturated carbocycles. The van der Waals surface area contributed by atoms with Crippen LogP contribution in [0, 0.1) is 0 Å². The van der Waals surface area contributed by atoms with Gasteiger partial charge >= 0.3 is 0 Å². The molecule has 3 heteroatoms. The third kappa shape index (κ3) is 5.28. The SMILES string of the molecule is CC(C)OCc1ccc([C@@H](CCN)C(=O)Cc2ccc3ccccc3c2)cc1. The van der Waals surface area contributed by atoms with Crippen molar-refractivity contribution in [1.82, 2.24) is 0 Å². The van der Waals surface area contributed by atoms with Crippen LogP contribution in [0.5, 0.6) is 0 Å². The molecule has 0 bridgehead atoms. The molecule has 0 aliphatic heterocycles. The zero-order valence-corrected chi connectivity index (χ0v) is 16.7. The molecule has 0 saturated heterocycles. The zero-order chi connectivity index (χ0) is 19.9. The first-order chi connectivity index (χ1) is 13.6. The summed E-state index contributed by atoms with van der Waals surface area (Å²) in [5.74, 6) is 0.0449. The van der Waals surface area contributed by atoms with Crippen molar-refractivity contribution in [2.24, 2.45) is 5.73 Å². The number of benzene rings is 3. The van der Waals surface area contributed by atoms with Crippen LogP contribution in [0.2, 0.25) is 0 Å². The quantitative estimate of drug-likeness (QED) is 0.572. The first-order valence-electron chi connectivity index (χ1n) is 9.97. The second kappa shape index (κ2) is 9.63. The Bertz CT molecular complexity index is 915. The molecule has 3 rings (SSSR count). The Morgan fingerprint density at radius 3 is 2.29 bits per heavy atom. The topological polar surface area (TPSA) is 52.3 Å². The molecule has 0 unspecified atom stereocenters. The number of carbonyl (C=O) groups is 1. The molecular weight excluding hydrogens is 346 g/mol. The van der Waals surface area contributed by atoms with Gasteiger partial charge in [0.2, 0.25) is 0 Å². The minimum absolute atomic E-state index is 0.170. The Kier molecular flexibility index (Phi) is 6.96. The lowest BCUT2D eigenvalue weighted by atomic mass is 9.87. The van der Waals surface area contributed by atoms with Gasteiger partial charge in [0.1, 0.15) is 5.78 Å². The summed E-state index contributed by atoms with van der Waals surface area (Å²) in [6.07, 6.45) is 1.29. The Morgan fingerprint density at radius 2 is 1.61 bits per heavy atom. The van der Waals surface area contributed by atoms with E-state index in [4.69, 9.17) is 10.5 Å². The van der Waals surface area contributed by atoms with Crippen LogP contribution in [0.1, 0.15) is 42.9 Å². The third-order valence-corrected chi connectivity index (χ3v) is 5.00. The van der Waals surface area contributed by atoms with Crippen molar-refractivity contribution in [3.63, 3.8) is 0 Å². The number of rotatable bonds is 9. The minimum Gasteiger partial charge on any atom is -0.374 e. The molecule has 146 valence electrons. The summed E-state index contributed by atoms with van der Waals surface area (Å²) < 4.78 is 5.65. The largest absolute Gasteiger partial charge is 0.374 e. The van der Waals surface area contributed by atoms with Gasteiger partial charge < -0.3 is 10.5 Å². The van der Waals surface area contributed by atoms with Crippen LogP contribution >= 0.6 is 0 Å². The smallest absolute Gasteiger partial charge is 0.144 e. The number of Topliss-reactive ketones (excluding diaryl/α,β-unsaturated/α-hetero) is 1. The van der Waals surface area contributed by atoms with Crippen molar-refractivity contribution in [3.05, 3.63) is 83.4 Å². The highest BCUT2D eigenvalue weighted by Crippen LogP contribution is 2.24. The number of carbonyl (C=O) groups excluding carboxylic acids is 1. The van der Waals surface area contributed by atoms with E-state index in [2.05, 4.69) is 24.3 Å². The van der Waals surface area contributed by atoms with Crippen LogP contribution in [0.25, 0.3) is 10.8 Å². The summed E-state index contributed by atoms with van der Waals surface area (Å²) in [5.41, 5.74) is 9.01. The monoisotopic (exact) mass is 375 g/mol. The van der Waals surface area contributed by atoms with Gasteiger partial charge in [-0.1, -0.05) is 66.7 Å². The second-order valence-corrected chi connectivity index (χ2v) is 7.56. The average Bonchev–Trinajstić information content (AvgIpc) is 2.71. The van der Waals surface area contributed by atoms with E-state index >= 15 is 0 Å². The zero-order valence-electron chi connectivity index (χ0n) is 16.7. The first kappa shape index (κ1) is 20.2. The summed E-state index contributed by atoms with van der Waals surface area (Å²) in [6.45, 7) is 5.13. The lowest BCUT2D eigenvalue weighted by Crippen LogP contribution is -2.19. The van der Waals surface area contributed by atoms with Gasteiger partial charge in [0.25, 0.3) is 0 Å². The number of fused-ring (bicyclic) bond motifs is 1. The molecular formula is C25H29NO2. The predicted molar refractivity (Wildman–Crippen MR) is 115 cm³/mol. The van der Waals surface area contributed by atoms with E-state index < -0.39 is 0 Å².